The van der Waals surface area contributed by atoms with Crippen LogP contribution in [0.1, 0.15) is 25.7 Å². The van der Waals surface area contributed by atoms with Crippen molar-refractivity contribution < 1.29 is 8.42 Å². The van der Waals surface area contributed by atoms with Crippen LogP contribution in [-0.4, -0.2) is 42.8 Å². The van der Waals surface area contributed by atoms with Gasteiger partial charge in [0.15, 0.2) is 0 Å². The second-order valence-electron chi connectivity index (χ2n) is 5.96. The average molecular weight is 338 g/mol. The summed E-state index contributed by atoms with van der Waals surface area (Å²) in [5, 5.41) is 2.97. The van der Waals surface area contributed by atoms with E-state index in [-0.39, 0.29) is 11.3 Å². The number of thiophene rings is 1. The third kappa shape index (κ3) is 2.70. The molecule has 6 nitrogen and oxygen atoms in total. The first kappa shape index (κ1) is 14.3. The molecule has 1 aliphatic carbocycles. The van der Waals surface area contributed by atoms with E-state index in [4.69, 9.17) is 0 Å². The molecule has 118 valence electrons. The minimum atomic E-state index is -3.09. The number of piperidine rings is 1. The van der Waals surface area contributed by atoms with Crippen LogP contribution in [0.5, 0.6) is 0 Å². The van der Waals surface area contributed by atoms with E-state index in [1.165, 1.54) is 0 Å². The molecule has 4 rings (SSSR count). The summed E-state index contributed by atoms with van der Waals surface area (Å²) in [7, 11) is -3.09. The van der Waals surface area contributed by atoms with Crippen LogP contribution >= 0.6 is 11.3 Å². The van der Waals surface area contributed by atoms with Gasteiger partial charge < -0.3 is 4.90 Å². The lowest BCUT2D eigenvalue weighted by Gasteiger charge is -2.33. The van der Waals surface area contributed by atoms with Crippen LogP contribution in [0.2, 0.25) is 0 Å². The summed E-state index contributed by atoms with van der Waals surface area (Å²) in [6.07, 6.45) is 4.87. The molecular weight excluding hydrogens is 320 g/mol. The van der Waals surface area contributed by atoms with Crippen LogP contribution in [0.25, 0.3) is 10.2 Å². The Kier molecular flexibility index (Phi) is 3.54. The van der Waals surface area contributed by atoms with Crippen LogP contribution < -0.4 is 9.62 Å². The van der Waals surface area contributed by atoms with Gasteiger partial charge in [0.2, 0.25) is 10.0 Å². The van der Waals surface area contributed by atoms with Gasteiger partial charge in [0, 0.05) is 19.1 Å². The third-order valence-corrected chi connectivity index (χ3v) is 7.16. The fourth-order valence-electron chi connectivity index (χ4n) is 2.94. The predicted octanol–water partition coefficient (Wildman–Crippen LogP) is 1.74. The number of nitrogens with one attached hydrogen (secondary N) is 1. The van der Waals surface area contributed by atoms with Crippen molar-refractivity contribution in [3.8, 4) is 0 Å². The Morgan fingerprint density at radius 3 is 2.68 bits per heavy atom. The van der Waals surface area contributed by atoms with Crippen molar-refractivity contribution in [1.29, 1.82) is 0 Å². The highest BCUT2D eigenvalue weighted by Crippen LogP contribution is 2.30. The Morgan fingerprint density at radius 1 is 1.18 bits per heavy atom. The van der Waals surface area contributed by atoms with Crippen molar-refractivity contribution in [2.24, 2.45) is 0 Å². The minimum absolute atomic E-state index is 0.0571. The van der Waals surface area contributed by atoms with Crippen LogP contribution in [0.15, 0.2) is 17.8 Å². The van der Waals surface area contributed by atoms with Gasteiger partial charge in [-0.2, -0.15) is 0 Å². The Bertz CT molecular complexity index is 777. The van der Waals surface area contributed by atoms with Crippen molar-refractivity contribution >= 4 is 37.4 Å². The summed E-state index contributed by atoms with van der Waals surface area (Å²) in [5.74, 6) is 0.967. The molecule has 22 heavy (non-hydrogen) atoms. The summed E-state index contributed by atoms with van der Waals surface area (Å²) in [6, 6.07) is 2.11. The Labute approximate surface area is 133 Å². The smallest absolute Gasteiger partial charge is 0.214 e. The second-order valence-corrected chi connectivity index (χ2v) is 8.85. The SMILES string of the molecule is O=S(=O)(NC1CCN(c2ncnc3sccc23)CC1)C1CC1. The van der Waals surface area contributed by atoms with Gasteiger partial charge in [-0.1, -0.05) is 0 Å². The molecule has 0 atom stereocenters. The summed E-state index contributed by atoms with van der Waals surface area (Å²) in [6.45, 7) is 1.64. The number of hydrogen-bond acceptors (Lipinski definition) is 6. The van der Waals surface area contributed by atoms with Crippen molar-refractivity contribution in [3.63, 3.8) is 0 Å². The van der Waals surface area contributed by atoms with E-state index >= 15 is 0 Å². The average Bonchev–Trinajstić information content (AvgIpc) is 3.26. The standard InChI is InChI=1S/C14H18N4O2S2/c19-22(20,11-1-2-11)17-10-3-6-18(7-4-10)13-12-5-8-21-14(12)16-9-15-13/h5,8-11,17H,1-4,6-7H2. The summed E-state index contributed by atoms with van der Waals surface area (Å²) < 4.78 is 26.9. The molecule has 2 aromatic rings. The van der Waals surface area contributed by atoms with Gasteiger partial charge in [-0.15, -0.1) is 11.3 Å². The number of hydrogen-bond donors (Lipinski definition) is 1. The Hall–Kier alpha value is -1.25. The first-order chi connectivity index (χ1) is 10.6. The third-order valence-electron chi connectivity index (χ3n) is 4.33. The quantitative estimate of drug-likeness (QED) is 0.919. The lowest BCUT2D eigenvalue weighted by molar-refractivity contribution is 0.458. The molecular formula is C14H18N4O2S2. The highest BCUT2D eigenvalue weighted by molar-refractivity contribution is 7.90. The Morgan fingerprint density at radius 2 is 1.95 bits per heavy atom. The molecule has 1 saturated carbocycles. The maximum absolute atomic E-state index is 12.0. The van der Waals surface area contributed by atoms with Crippen molar-refractivity contribution in [1.82, 2.24) is 14.7 Å². The molecule has 1 N–H and O–H groups in total. The maximum Gasteiger partial charge on any atom is 0.214 e. The van der Waals surface area contributed by atoms with Gasteiger partial charge in [0.25, 0.3) is 0 Å². The molecule has 1 aliphatic heterocycles. The van der Waals surface area contributed by atoms with Crippen LogP contribution in [-0.2, 0) is 10.0 Å². The Balaban J connectivity index is 1.44. The first-order valence-electron chi connectivity index (χ1n) is 7.58. The highest BCUT2D eigenvalue weighted by atomic mass is 32.2. The number of fused-ring (bicyclic) bond motifs is 1. The fourth-order valence-corrected chi connectivity index (χ4v) is 5.32. The van der Waals surface area contributed by atoms with E-state index in [0.717, 1.165) is 54.8 Å². The van der Waals surface area contributed by atoms with E-state index in [2.05, 4.69) is 25.7 Å². The molecule has 3 heterocycles. The molecule has 2 fully saturated rings. The van der Waals surface area contributed by atoms with Gasteiger partial charge in [-0.05, 0) is 37.1 Å². The normalized spacial score (nSPS) is 20.6. The second kappa shape index (κ2) is 5.43. The van der Waals surface area contributed by atoms with Crippen molar-refractivity contribution in [2.45, 2.75) is 37.0 Å². The molecule has 0 spiro atoms. The molecule has 0 aromatic carbocycles. The number of sulfonamides is 1. The first-order valence-corrected chi connectivity index (χ1v) is 10.0. The monoisotopic (exact) mass is 338 g/mol. The molecule has 2 aromatic heterocycles. The minimum Gasteiger partial charge on any atom is -0.356 e. The van der Waals surface area contributed by atoms with Gasteiger partial charge in [0.1, 0.15) is 17.0 Å². The zero-order valence-electron chi connectivity index (χ0n) is 12.1. The predicted molar refractivity (Wildman–Crippen MR) is 87.7 cm³/mol. The molecule has 0 bridgehead atoms. The molecule has 0 amide bonds. The van der Waals surface area contributed by atoms with E-state index in [9.17, 15) is 8.42 Å². The molecule has 0 unspecified atom stereocenters. The van der Waals surface area contributed by atoms with Crippen molar-refractivity contribution in [2.75, 3.05) is 18.0 Å². The van der Waals surface area contributed by atoms with Gasteiger partial charge in [-0.3, -0.25) is 0 Å². The van der Waals surface area contributed by atoms with E-state index in [1.54, 1.807) is 17.7 Å². The number of rotatable bonds is 4. The molecule has 2 aliphatic rings. The largest absolute Gasteiger partial charge is 0.356 e. The van der Waals surface area contributed by atoms with Crippen molar-refractivity contribution in [3.05, 3.63) is 17.8 Å². The fraction of sp³-hybridized carbons (Fsp3) is 0.571. The topological polar surface area (TPSA) is 75.2 Å². The lowest BCUT2D eigenvalue weighted by Crippen LogP contribution is -2.45. The van der Waals surface area contributed by atoms with E-state index in [1.807, 2.05) is 5.38 Å². The van der Waals surface area contributed by atoms with Crippen LogP contribution in [0.3, 0.4) is 0 Å². The number of aromatic nitrogens is 2. The van der Waals surface area contributed by atoms with E-state index in [0.29, 0.717) is 0 Å². The zero-order chi connectivity index (χ0) is 15.2. The van der Waals surface area contributed by atoms with Crippen LogP contribution in [0, 0.1) is 0 Å². The zero-order valence-corrected chi connectivity index (χ0v) is 13.7. The molecule has 0 radical (unpaired) electrons. The van der Waals surface area contributed by atoms with Crippen LogP contribution in [0.4, 0.5) is 5.82 Å². The van der Waals surface area contributed by atoms with E-state index < -0.39 is 10.0 Å². The van der Waals surface area contributed by atoms with Gasteiger partial charge >= 0.3 is 0 Å². The summed E-state index contributed by atoms with van der Waals surface area (Å²) >= 11 is 1.61. The lowest BCUT2D eigenvalue weighted by atomic mass is 10.1. The summed E-state index contributed by atoms with van der Waals surface area (Å²) in [4.78, 5) is 11.9. The number of nitrogens with zero attached hydrogens (tertiary/aromatic N) is 3. The maximum atomic E-state index is 12.0. The highest BCUT2D eigenvalue weighted by Gasteiger charge is 2.37. The van der Waals surface area contributed by atoms with Gasteiger partial charge in [-0.25, -0.2) is 23.1 Å². The molecule has 1 saturated heterocycles. The molecule has 8 heteroatoms. The number of anilines is 1. The van der Waals surface area contributed by atoms with Gasteiger partial charge in [0.05, 0.1) is 10.6 Å². The summed E-state index contributed by atoms with van der Waals surface area (Å²) in [5.41, 5.74) is 0.